The van der Waals surface area contributed by atoms with Gasteiger partial charge in [0.15, 0.2) is 0 Å². The molecule has 1 rings (SSSR count). The van der Waals surface area contributed by atoms with Gasteiger partial charge in [-0.05, 0) is 0 Å². The third-order valence-electron chi connectivity index (χ3n) is 2.67. The Bertz CT molecular complexity index is 272. The van der Waals surface area contributed by atoms with Crippen molar-refractivity contribution in [1.29, 1.82) is 0 Å². The van der Waals surface area contributed by atoms with E-state index >= 15 is 0 Å². The second kappa shape index (κ2) is 7.79. The van der Waals surface area contributed by atoms with Crippen LogP contribution in [0.3, 0.4) is 0 Å². The van der Waals surface area contributed by atoms with Crippen molar-refractivity contribution in [3.05, 3.63) is 35.5 Å². The quantitative estimate of drug-likeness (QED) is 0.367. The first kappa shape index (κ1) is 18.0. The normalized spacial score (nSPS) is 17.3. The number of allylic oxidation sites excluding steroid dienone is 5. The molecule has 84 valence electrons. The van der Waals surface area contributed by atoms with Gasteiger partial charge in [0.1, 0.15) is 0 Å². The summed E-state index contributed by atoms with van der Waals surface area (Å²) in [5.74, 6) is 0. The molecule has 1 aliphatic rings. The second-order valence-electron chi connectivity index (χ2n) is 4.07. The number of rotatable bonds is 1. The molecule has 0 fully saturated rings. The molecule has 0 heterocycles. The van der Waals surface area contributed by atoms with Gasteiger partial charge in [-0.15, -0.1) is 13.5 Å². The summed E-state index contributed by atoms with van der Waals surface area (Å²) in [4.78, 5) is 0. The summed E-state index contributed by atoms with van der Waals surface area (Å²) in [5.41, 5.74) is 4.39. The summed E-state index contributed by atoms with van der Waals surface area (Å²) < 4.78 is 0. The molecule has 0 saturated heterocycles. The van der Waals surface area contributed by atoms with Crippen LogP contribution in [0.15, 0.2) is 29.4 Å². The predicted octanol–water partition coefficient (Wildman–Crippen LogP) is 4.68. The van der Waals surface area contributed by atoms with E-state index in [2.05, 4.69) is 63.2 Å². The fraction of sp³-hybridized carbons (Fsp3) is 0.538. The van der Waals surface area contributed by atoms with Crippen LogP contribution in [0, 0.1) is 11.5 Å². The summed E-state index contributed by atoms with van der Waals surface area (Å²) in [5, 5.41) is 0.896. The van der Waals surface area contributed by atoms with E-state index in [1.165, 1.54) is 16.7 Å². The summed E-state index contributed by atoms with van der Waals surface area (Å²) in [6, 6.07) is 0. The van der Waals surface area contributed by atoms with Gasteiger partial charge in [0, 0.05) is 31.5 Å². The zero-order valence-corrected chi connectivity index (χ0v) is 14.4. The third kappa shape index (κ3) is 5.45. The van der Waals surface area contributed by atoms with Crippen molar-refractivity contribution in [3.8, 4) is 0 Å². The standard InChI is InChI=1S/C10H15.C3H5Br.Zr/c1-7-6-10(4,5)9(3)8(7)2;1-2-3-4;/h1-5H3;2H,1,3H2;/q-1;;. The van der Waals surface area contributed by atoms with Gasteiger partial charge in [-0.1, -0.05) is 55.1 Å². The average molecular weight is 347 g/mol. The minimum atomic E-state index is 0. The minimum absolute atomic E-state index is 0. The fourth-order valence-corrected chi connectivity index (χ4v) is 1.41. The van der Waals surface area contributed by atoms with Gasteiger partial charge in [-0.25, -0.2) is 5.57 Å². The van der Waals surface area contributed by atoms with Crippen molar-refractivity contribution in [2.45, 2.75) is 34.6 Å². The molecule has 0 aromatic rings. The SMILES string of the molecule is C=CCBr.CC1=[C-]C(C)(C)C(C)=C1C.[Zr]. The fourth-order valence-electron chi connectivity index (χ4n) is 1.41. The smallest absolute Gasteiger partial charge is 0.0209 e. The van der Waals surface area contributed by atoms with Gasteiger partial charge < -0.3 is 0 Å². The van der Waals surface area contributed by atoms with Crippen LogP contribution in [0.2, 0.25) is 0 Å². The molecule has 0 aromatic carbocycles. The van der Waals surface area contributed by atoms with Crippen LogP contribution in [0.5, 0.6) is 0 Å². The van der Waals surface area contributed by atoms with E-state index in [4.69, 9.17) is 0 Å². The van der Waals surface area contributed by atoms with E-state index in [0.29, 0.717) is 0 Å². The largest absolute Gasteiger partial charge is 0.263 e. The molecular weight excluding hydrogens is 327 g/mol. The van der Waals surface area contributed by atoms with E-state index in [9.17, 15) is 0 Å². The van der Waals surface area contributed by atoms with Gasteiger partial charge in [0.25, 0.3) is 0 Å². The maximum absolute atomic E-state index is 3.44. The zero-order valence-electron chi connectivity index (χ0n) is 10.4. The maximum Gasteiger partial charge on any atom is 0.0209 e. The average Bonchev–Trinajstić information content (AvgIpc) is 2.30. The zero-order chi connectivity index (χ0) is 11.4. The van der Waals surface area contributed by atoms with E-state index in [-0.39, 0.29) is 31.6 Å². The maximum atomic E-state index is 3.44. The van der Waals surface area contributed by atoms with Crippen molar-refractivity contribution in [2.75, 3.05) is 5.33 Å². The minimum Gasteiger partial charge on any atom is -0.263 e. The van der Waals surface area contributed by atoms with Gasteiger partial charge in [0.05, 0.1) is 0 Å². The van der Waals surface area contributed by atoms with Crippen molar-refractivity contribution < 1.29 is 26.2 Å². The molecule has 0 aliphatic heterocycles. The van der Waals surface area contributed by atoms with E-state index < -0.39 is 0 Å². The first-order chi connectivity index (χ1) is 6.36. The van der Waals surface area contributed by atoms with Crippen LogP contribution in [-0.2, 0) is 26.2 Å². The number of alkyl halides is 1. The van der Waals surface area contributed by atoms with Gasteiger partial charge >= 0.3 is 0 Å². The number of halogens is 1. The molecule has 1 aliphatic carbocycles. The molecule has 2 heteroatoms. The van der Waals surface area contributed by atoms with E-state index in [0.717, 1.165) is 5.33 Å². The molecule has 0 N–H and O–H groups in total. The van der Waals surface area contributed by atoms with E-state index in [1.54, 1.807) is 6.08 Å². The molecule has 0 saturated carbocycles. The van der Waals surface area contributed by atoms with Crippen LogP contribution in [0.4, 0.5) is 0 Å². The van der Waals surface area contributed by atoms with Crippen LogP contribution in [-0.4, -0.2) is 5.33 Å². The van der Waals surface area contributed by atoms with Gasteiger partial charge in [-0.3, -0.25) is 6.08 Å². The molecule has 0 aromatic heterocycles. The Morgan fingerprint density at radius 3 is 1.80 bits per heavy atom. The molecule has 0 nitrogen and oxygen atoms in total. The Hall–Kier alpha value is 0.583. The topological polar surface area (TPSA) is 0 Å². The van der Waals surface area contributed by atoms with E-state index in [1.807, 2.05) is 0 Å². The summed E-state index contributed by atoms with van der Waals surface area (Å²) in [6.07, 6.45) is 5.23. The monoisotopic (exact) mass is 345 g/mol. The van der Waals surface area contributed by atoms with Crippen LogP contribution < -0.4 is 0 Å². The summed E-state index contributed by atoms with van der Waals surface area (Å²) in [7, 11) is 0. The molecule has 0 atom stereocenters. The summed E-state index contributed by atoms with van der Waals surface area (Å²) >= 11 is 3.13. The van der Waals surface area contributed by atoms with Gasteiger partial charge in [0.2, 0.25) is 0 Å². The van der Waals surface area contributed by atoms with Crippen molar-refractivity contribution in [3.63, 3.8) is 0 Å². The van der Waals surface area contributed by atoms with Crippen molar-refractivity contribution in [2.24, 2.45) is 5.41 Å². The van der Waals surface area contributed by atoms with Crippen molar-refractivity contribution in [1.82, 2.24) is 0 Å². The Morgan fingerprint density at radius 1 is 1.33 bits per heavy atom. The van der Waals surface area contributed by atoms with Crippen LogP contribution >= 0.6 is 15.9 Å². The first-order valence-corrected chi connectivity index (χ1v) is 5.96. The van der Waals surface area contributed by atoms with Crippen LogP contribution in [0.25, 0.3) is 0 Å². The Balaban J connectivity index is 0. The van der Waals surface area contributed by atoms with Crippen molar-refractivity contribution >= 4 is 15.9 Å². The molecule has 0 bridgehead atoms. The predicted molar refractivity (Wildman–Crippen MR) is 68.6 cm³/mol. The molecule has 0 spiro atoms. The molecule has 0 amide bonds. The summed E-state index contributed by atoms with van der Waals surface area (Å²) in [6.45, 7) is 14.4. The van der Waals surface area contributed by atoms with Crippen LogP contribution in [0.1, 0.15) is 34.6 Å². The molecule has 0 unspecified atom stereocenters. The third-order valence-corrected chi connectivity index (χ3v) is 3.13. The van der Waals surface area contributed by atoms with Gasteiger partial charge in [-0.2, -0.15) is 11.1 Å². The molecule has 15 heavy (non-hydrogen) atoms. The Labute approximate surface area is 122 Å². The first-order valence-electron chi connectivity index (χ1n) is 4.83. The number of hydrogen-bond acceptors (Lipinski definition) is 0. The number of hydrogen-bond donors (Lipinski definition) is 0. The molecule has 0 radical (unpaired) electrons. The second-order valence-corrected chi connectivity index (χ2v) is 4.72. The molecular formula is C13H20BrZr-. The Morgan fingerprint density at radius 2 is 1.73 bits per heavy atom. The Kier molecular flexibility index (Phi) is 9.33.